The molecule has 7 rings (SSSR count). The van der Waals surface area contributed by atoms with Crippen LogP contribution in [-0.2, 0) is 44.7 Å². The molecule has 4 atom stereocenters. The fourth-order valence-corrected chi connectivity index (χ4v) is 9.76. The molecule has 2 aromatic heterocycles. The summed E-state index contributed by atoms with van der Waals surface area (Å²) in [4.78, 5) is 72.2. The molecule has 1 aliphatic heterocycles. The van der Waals surface area contributed by atoms with Crippen LogP contribution in [0.3, 0.4) is 0 Å². The molecule has 1 saturated heterocycles. The molecule has 0 radical (unpaired) electrons. The Balaban J connectivity index is 1.14. The number of rotatable bonds is 14. The zero-order chi connectivity index (χ0) is 43.5. The molecule has 14 nitrogen and oxygen atoms in total. The van der Waals surface area contributed by atoms with Crippen molar-refractivity contribution in [3.05, 3.63) is 70.6 Å². The summed E-state index contributed by atoms with van der Waals surface area (Å²) in [5, 5.41) is 5.45. The van der Waals surface area contributed by atoms with E-state index in [0.29, 0.717) is 13.0 Å². The average molecular weight is 835 g/mol. The van der Waals surface area contributed by atoms with E-state index in [9.17, 15) is 19.2 Å². The molecule has 4 N–H and O–H groups in total. The van der Waals surface area contributed by atoms with Crippen molar-refractivity contribution in [2.24, 2.45) is 11.8 Å². The molecule has 0 spiro atoms. The number of amides is 4. The number of fused-ring (bicyclic) bond motifs is 2. The van der Waals surface area contributed by atoms with Gasteiger partial charge in [-0.2, -0.15) is 0 Å². The molecule has 4 aromatic rings. The molecule has 0 saturated carbocycles. The number of likely N-dealkylation sites (tertiary alicyclic amines) is 1. The number of nitrogens with zero attached hydrogens (tertiary/aromatic N) is 4. The van der Waals surface area contributed by atoms with Crippen molar-refractivity contribution in [1.82, 2.24) is 40.4 Å². The number of hydrogen-bond acceptors (Lipinski definition) is 8. The maximum Gasteiger partial charge on any atom is 0.407 e. The molecule has 0 bridgehead atoms. The van der Waals surface area contributed by atoms with Gasteiger partial charge in [-0.05, 0) is 103 Å². The first-order valence-corrected chi connectivity index (χ1v) is 22.0. The van der Waals surface area contributed by atoms with Crippen LogP contribution in [0.2, 0.25) is 0 Å². The summed E-state index contributed by atoms with van der Waals surface area (Å²) in [6, 6.07) is 7.11. The zero-order valence-corrected chi connectivity index (χ0v) is 36.9. The fourth-order valence-electron chi connectivity index (χ4n) is 9.76. The first kappa shape index (κ1) is 43.4. The molecule has 3 heterocycles. The van der Waals surface area contributed by atoms with Crippen LogP contribution in [0, 0.1) is 11.8 Å². The summed E-state index contributed by atoms with van der Waals surface area (Å²) in [6.45, 7) is 10.3. The number of H-pyrrole nitrogens is 2. The Labute approximate surface area is 359 Å². The summed E-state index contributed by atoms with van der Waals surface area (Å²) in [6.07, 6.45) is 11.9. The maximum atomic E-state index is 13.8. The summed E-state index contributed by atoms with van der Waals surface area (Å²) < 4.78 is 9.62. The van der Waals surface area contributed by atoms with Gasteiger partial charge in [0.2, 0.25) is 11.8 Å². The highest BCUT2D eigenvalue weighted by atomic mass is 16.5. The van der Waals surface area contributed by atoms with E-state index in [1.807, 2.05) is 45.0 Å². The topological polar surface area (TPSA) is 175 Å². The van der Waals surface area contributed by atoms with Crippen LogP contribution in [0.5, 0.6) is 0 Å². The zero-order valence-electron chi connectivity index (χ0n) is 36.9. The number of imidazole rings is 2. The standard InChI is InChI=1S/C47H62N8O6/c1-9-13-38(54(6)44(56)40(26(2)3)52-46(58)60-7)42-48-24-36(50-42)34-21-19-32(28-14-10-16-30(28)34)33-20-22-35(31-17-11-15-29(31)33)37-25-49-43(51-37)39-18-12-23-55(39)45(57)41(27(4)5)53-47(59)61-8/h19-22,24-27,38-41H,9-18,23H2,1-8H3,(H,48,50)(H,49,51)(H,52,58)(H,53,59). The molecule has 1 fully saturated rings. The van der Waals surface area contributed by atoms with Crippen LogP contribution in [-0.4, -0.2) is 93.6 Å². The van der Waals surface area contributed by atoms with Gasteiger partial charge in [-0.3, -0.25) is 9.59 Å². The SMILES string of the molecule is CCCC(c1ncc(-c2ccc(-c3ccc(-c4cnc(C5CCCN5C(=O)C(NC(=O)OC)C(C)C)[nH]4)c4c3CCC4)c3c2CCC3)[nH]1)N(C)C(=O)C(NC(=O)OC)C(C)C. The fraction of sp³-hybridized carbons (Fsp3) is 0.532. The lowest BCUT2D eigenvalue weighted by Crippen LogP contribution is -2.51. The molecular formula is C47H62N8O6. The van der Waals surface area contributed by atoms with Gasteiger partial charge in [0.05, 0.1) is 50.1 Å². The number of carbonyl (C=O) groups excluding carboxylic acids is 4. The molecule has 2 aliphatic carbocycles. The Morgan fingerprint density at radius 3 is 1.80 bits per heavy atom. The van der Waals surface area contributed by atoms with E-state index in [-0.39, 0.29) is 35.7 Å². The predicted octanol–water partition coefficient (Wildman–Crippen LogP) is 7.84. The van der Waals surface area contributed by atoms with Gasteiger partial charge in [0.1, 0.15) is 23.7 Å². The lowest BCUT2D eigenvalue weighted by molar-refractivity contribution is -0.136. The highest BCUT2D eigenvalue weighted by Gasteiger charge is 2.38. The van der Waals surface area contributed by atoms with E-state index in [0.717, 1.165) is 92.0 Å². The quantitative estimate of drug-likeness (QED) is 0.0994. The van der Waals surface area contributed by atoms with E-state index in [4.69, 9.17) is 19.4 Å². The number of methoxy groups -OCH3 is 2. The minimum Gasteiger partial charge on any atom is -0.453 e. The minimum atomic E-state index is -0.725. The number of ether oxygens (including phenoxy) is 2. The van der Waals surface area contributed by atoms with Crippen molar-refractivity contribution in [1.29, 1.82) is 0 Å². The number of carbonyl (C=O) groups is 4. The van der Waals surface area contributed by atoms with E-state index in [1.54, 1.807) is 11.9 Å². The molecule has 2 aromatic carbocycles. The van der Waals surface area contributed by atoms with E-state index in [1.165, 1.54) is 47.6 Å². The Kier molecular flexibility index (Phi) is 13.2. The van der Waals surface area contributed by atoms with E-state index in [2.05, 4.69) is 51.8 Å². The second-order valence-corrected chi connectivity index (χ2v) is 17.5. The molecule has 14 heteroatoms. The predicted molar refractivity (Wildman–Crippen MR) is 234 cm³/mol. The van der Waals surface area contributed by atoms with Crippen molar-refractivity contribution >= 4 is 24.0 Å². The number of hydrogen-bond donors (Lipinski definition) is 4. The van der Waals surface area contributed by atoms with Crippen molar-refractivity contribution in [2.75, 3.05) is 27.8 Å². The minimum absolute atomic E-state index is 0.103. The maximum absolute atomic E-state index is 13.8. The highest BCUT2D eigenvalue weighted by Crippen LogP contribution is 2.44. The molecule has 61 heavy (non-hydrogen) atoms. The monoisotopic (exact) mass is 834 g/mol. The van der Waals surface area contributed by atoms with Crippen molar-refractivity contribution in [3.8, 4) is 33.6 Å². The van der Waals surface area contributed by atoms with Gasteiger partial charge in [0.25, 0.3) is 0 Å². The van der Waals surface area contributed by atoms with Gasteiger partial charge in [-0.1, -0.05) is 65.3 Å². The largest absolute Gasteiger partial charge is 0.453 e. The van der Waals surface area contributed by atoms with Crippen LogP contribution in [0.4, 0.5) is 9.59 Å². The van der Waals surface area contributed by atoms with Gasteiger partial charge < -0.3 is 39.9 Å². The van der Waals surface area contributed by atoms with Crippen LogP contribution in [0.1, 0.15) is 119 Å². The number of alkyl carbamates (subject to hydrolysis) is 2. The van der Waals surface area contributed by atoms with Gasteiger partial charge in [-0.15, -0.1) is 0 Å². The number of benzene rings is 2. The van der Waals surface area contributed by atoms with Crippen molar-refractivity contribution in [3.63, 3.8) is 0 Å². The van der Waals surface area contributed by atoms with Gasteiger partial charge in [0.15, 0.2) is 0 Å². The van der Waals surface area contributed by atoms with Gasteiger partial charge in [0, 0.05) is 24.7 Å². The van der Waals surface area contributed by atoms with Crippen LogP contribution in [0.25, 0.3) is 33.6 Å². The van der Waals surface area contributed by atoms with Crippen LogP contribution >= 0.6 is 0 Å². The van der Waals surface area contributed by atoms with Crippen molar-refractivity contribution < 1.29 is 28.7 Å². The molecule has 4 unspecified atom stereocenters. The molecule has 4 amide bonds. The lowest BCUT2D eigenvalue weighted by atomic mass is 9.87. The third-order valence-corrected chi connectivity index (χ3v) is 13.0. The Morgan fingerprint density at radius 1 is 0.754 bits per heavy atom. The average Bonchev–Trinajstić information content (AvgIpc) is 4.11. The summed E-state index contributed by atoms with van der Waals surface area (Å²) in [5.74, 6) is 0.948. The Morgan fingerprint density at radius 2 is 1.26 bits per heavy atom. The first-order chi connectivity index (χ1) is 29.4. The number of aromatic nitrogens is 4. The third-order valence-electron chi connectivity index (χ3n) is 13.0. The van der Waals surface area contributed by atoms with E-state index >= 15 is 0 Å². The molecule has 326 valence electrons. The lowest BCUT2D eigenvalue weighted by Gasteiger charge is -2.31. The van der Waals surface area contributed by atoms with Crippen molar-refractivity contribution in [2.45, 2.75) is 123 Å². The first-order valence-electron chi connectivity index (χ1n) is 22.0. The second kappa shape index (κ2) is 18.5. The molecule has 3 aliphatic rings. The smallest absolute Gasteiger partial charge is 0.407 e. The van der Waals surface area contributed by atoms with Crippen LogP contribution < -0.4 is 10.6 Å². The summed E-state index contributed by atoms with van der Waals surface area (Å²) >= 11 is 0. The van der Waals surface area contributed by atoms with Crippen LogP contribution in [0.15, 0.2) is 36.7 Å². The summed E-state index contributed by atoms with van der Waals surface area (Å²) in [5.41, 5.74) is 12.2. The number of likely N-dealkylation sites (N-methyl/N-ethyl adjacent to an activating group) is 1. The highest BCUT2D eigenvalue weighted by molar-refractivity contribution is 5.87. The normalized spacial score (nSPS) is 17.2. The Hall–Kier alpha value is -5.66. The second-order valence-electron chi connectivity index (χ2n) is 17.5. The van der Waals surface area contributed by atoms with Gasteiger partial charge in [-0.25, -0.2) is 19.6 Å². The molecular weight excluding hydrogens is 773 g/mol. The number of nitrogens with one attached hydrogen (secondary N) is 4. The summed E-state index contributed by atoms with van der Waals surface area (Å²) in [7, 11) is 4.38. The third kappa shape index (κ3) is 8.63. The number of aromatic amines is 2. The Bertz CT molecular complexity index is 2260. The van der Waals surface area contributed by atoms with E-state index < -0.39 is 24.3 Å². The van der Waals surface area contributed by atoms with Gasteiger partial charge >= 0.3 is 12.2 Å².